The second kappa shape index (κ2) is 15.2. The molecule has 0 atom stereocenters. The van der Waals surface area contributed by atoms with Crippen LogP contribution in [0.5, 0.6) is 0 Å². The zero-order chi connectivity index (χ0) is 39.9. The topological polar surface area (TPSA) is 25.8 Å². The van der Waals surface area contributed by atoms with Crippen LogP contribution in [0.3, 0.4) is 0 Å². The Morgan fingerprint density at radius 2 is 0.817 bits per heavy atom. The molecule has 1 aromatic heterocycles. The lowest BCUT2D eigenvalue weighted by molar-refractivity contribution is 0.353. The Hall–Kier alpha value is -7.16. The minimum absolute atomic E-state index is 0.108. The fourth-order valence-electron chi connectivity index (χ4n) is 10.1. The molecule has 2 aliphatic rings. The van der Waals surface area contributed by atoms with E-state index in [1.165, 1.54) is 93.3 Å². The van der Waals surface area contributed by atoms with Gasteiger partial charge in [0.1, 0.15) is 0 Å². The normalized spacial score (nSPS) is 13.8. The molecule has 11 rings (SSSR count). The monoisotopic (exact) mass is 768 g/mol. The van der Waals surface area contributed by atoms with Crippen molar-refractivity contribution in [3.63, 3.8) is 0 Å². The first kappa shape index (κ1) is 36.0. The maximum Gasteiger partial charge on any atom is 0.160 e. The molecule has 0 saturated heterocycles. The van der Waals surface area contributed by atoms with Gasteiger partial charge in [-0.15, -0.1) is 0 Å². The quantitative estimate of drug-likeness (QED) is 0.161. The average Bonchev–Trinajstić information content (AvgIpc) is 3.60. The Balaban J connectivity index is 1.08. The van der Waals surface area contributed by atoms with E-state index in [9.17, 15) is 0 Å². The summed E-state index contributed by atoms with van der Waals surface area (Å²) in [6.07, 6.45) is 6.32. The lowest BCUT2D eigenvalue weighted by Crippen LogP contribution is -2.27. The highest BCUT2D eigenvalue weighted by atomic mass is 14.9. The van der Waals surface area contributed by atoms with Crippen molar-refractivity contribution in [2.24, 2.45) is 0 Å². The molecule has 8 aromatic carbocycles. The lowest BCUT2D eigenvalue weighted by Gasteiger charge is -2.36. The minimum atomic E-state index is 0.108. The van der Waals surface area contributed by atoms with Gasteiger partial charge >= 0.3 is 0 Å². The molecule has 2 nitrogen and oxygen atoms in total. The molecule has 1 spiro atoms. The van der Waals surface area contributed by atoms with Crippen LogP contribution in [0.1, 0.15) is 43.2 Å². The average molecular weight is 769 g/mol. The first-order chi connectivity index (χ1) is 29.7. The molecule has 60 heavy (non-hydrogen) atoms. The summed E-state index contributed by atoms with van der Waals surface area (Å²) in [6.45, 7) is 0. The molecule has 0 radical (unpaired) electrons. The van der Waals surface area contributed by atoms with Crippen LogP contribution in [0, 0.1) is 0 Å². The Kier molecular flexibility index (Phi) is 9.12. The van der Waals surface area contributed by atoms with Crippen LogP contribution in [0.15, 0.2) is 206 Å². The van der Waals surface area contributed by atoms with Crippen molar-refractivity contribution in [3.05, 3.63) is 217 Å². The molecule has 0 bridgehead atoms. The summed E-state index contributed by atoms with van der Waals surface area (Å²) >= 11 is 0. The van der Waals surface area contributed by atoms with Gasteiger partial charge in [-0.1, -0.05) is 201 Å². The smallest absolute Gasteiger partial charge is 0.160 e. The second-order valence-corrected chi connectivity index (χ2v) is 16.4. The Labute approximate surface area is 353 Å². The van der Waals surface area contributed by atoms with Crippen LogP contribution in [-0.4, -0.2) is 9.97 Å². The van der Waals surface area contributed by atoms with Crippen LogP contribution in [0.2, 0.25) is 0 Å². The zero-order valence-electron chi connectivity index (χ0n) is 33.6. The third-order valence-corrected chi connectivity index (χ3v) is 12.9. The highest BCUT2D eigenvalue weighted by Crippen LogP contribution is 2.58. The van der Waals surface area contributed by atoms with E-state index in [1.807, 2.05) is 0 Å². The number of rotatable bonds is 7. The van der Waals surface area contributed by atoms with Gasteiger partial charge in [-0.25, -0.2) is 9.97 Å². The molecule has 0 amide bonds. The molecule has 286 valence electrons. The number of benzene rings is 8. The van der Waals surface area contributed by atoms with Crippen molar-refractivity contribution in [1.82, 2.24) is 9.97 Å². The van der Waals surface area contributed by atoms with Gasteiger partial charge in [0, 0.05) is 22.1 Å². The highest BCUT2D eigenvalue weighted by Gasteiger charge is 2.44. The second-order valence-electron chi connectivity index (χ2n) is 16.4. The molecule has 0 N–H and O–H groups in total. The molecular formula is C58H44N2. The predicted octanol–water partition coefficient (Wildman–Crippen LogP) is 15.4. The summed E-state index contributed by atoms with van der Waals surface area (Å²) in [6, 6.07) is 74.7. The Morgan fingerprint density at radius 3 is 1.55 bits per heavy atom. The maximum absolute atomic E-state index is 5.38. The third kappa shape index (κ3) is 6.37. The van der Waals surface area contributed by atoms with Crippen molar-refractivity contribution >= 4 is 0 Å². The van der Waals surface area contributed by atoms with Crippen LogP contribution < -0.4 is 0 Å². The van der Waals surface area contributed by atoms with Crippen LogP contribution in [0.4, 0.5) is 0 Å². The predicted molar refractivity (Wildman–Crippen MR) is 249 cm³/mol. The van der Waals surface area contributed by atoms with Gasteiger partial charge in [0.25, 0.3) is 0 Å². The number of nitrogens with zero attached hydrogens (tertiary/aromatic N) is 2. The molecular weight excluding hydrogens is 725 g/mol. The summed E-state index contributed by atoms with van der Waals surface area (Å²) < 4.78 is 0. The van der Waals surface area contributed by atoms with E-state index in [4.69, 9.17) is 9.97 Å². The molecule has 1 saturated carbocycles. The van der Waals surface area contributed by atoms with Gasteiger partial charge in [-0.05, 0) is 104 Å². The highest BCUT2D eigenvalue weighted by molar-refractivity contribution is 5.94. The van der Waals surface area contributed by atoms with Gasteiger partial charge in [-0.2, -0.15) is 0 Å². The van der Waals surface area contributed by atoms with Crippen molar-refractivity contribution in [3.8, 4) is 89.5 Å². The van der Waals surface area contributed by atoms with Gasteiger partial charge in [-0.3, -0.25) is 0 Å². The molecule has 2 heteroatoms. The standard InChI is InChI=1S/C58H44N2/c1-5-18-40(19-6-1)43-24-15-27-47(36-43)57-59-54(39-55(60-57)46-32-33-48(41-20-7-2-8-21-41)51(38-46)42-22-9-3-10-23-42)45-26-16-25-44(37-45)49-29-17-31-53-56(49)50-28-11-12-30-52(50)58(53)34-13-4-14-35-58/h1-3,5-12,15-33,36-39H,4,13-14,34-35H2. The Bertz CT molecular complexity index is 3000. The molecule has 0 unspecified atom stereocenters. The van der Waals surface area contributed by atoms with Crippen LogP contribution >= 0.6 is 0 Å². The molecule has 1 fully saturated rings. The van der Waals surface area contributed by atoms with Crippen LogP contribution in [-0.2, 0) is 5.41 Å². The van der Waals surface area contributed by atoms with Crippen molar-refractivity contribution in [1.29, 1.82) is 0 Å². The van der Waals surface area contributed by atoms with E-state index in [0.717, 1.165) is 33.6 Å². The van der Waals surface area contributed by atoms with E-state index in [-0.39, 0.29) is 5.41 Å². The van der Waals surface area contributed by atoms with Gasteiger partial charge < -0.3 is 0 Å². The number of fused-ring (bicyclic) bond motifs is 5. The van der Waals surface area contributed by atoms with Gasteiger partial charge in [0.15, 0.2) is 5.82 Å². The Morgan fingerprint density at radius 1 is 0.300 bits per heavy atom. The zero-order valence-corrected chi connectivity index (χ0v) is 33.6. The SMILES string of the molecule is c1ccc(-c2cccc(-c3nc(-c4cccc(-c5cccc6c5-c5ccccc5C65CCCCC5)c4)cc(-c4ccc(-c5ccccc5)c(-c5ccccc5)c4)n3)c2)cc1. The van der Waals surface area contributed by atoms with Crippen molar-refractivity contribution < 1.29 is 0 Å². The van der Waals surface area contributed by atoms with E-state index in [0.29, 0.717) is 5.82 Å². The van der Waals surface area contributed by atoms with Gasteiger partial charge in [0.2, 0.25) is 0 Å². The first-order valence-electron chi connectivity index (χ1n) is 21.4. The van der Waals surface area contributed by atoms with E-state index in [2.05, 4.69) is 206 Å². The lowest BCUT2D eigenvalue weighted by atomic mass is 9.68. The van der Waals surface area contributed by atoms with Gasteiger partial charge in [0.05, 0.1) is 11.4 Å². The minimum Gasteiger partial charge on any atom is -0.228 e. The van der Waals surface area contributed by atoms with Crippen molar-refractivity contribution in [2.75, 3.05) is 0 Å². The van der Waals surface area contributed by atoms with E-state index in [1.54, 1.807) is 0 Å². The summed E-state index contributed by atoms with van der Waals surface area (Å²) in [4.78, 5) is 10.7. The fraction of sp³-hybridized carbons (Fsp3) is 0.103. The number of hydrogen-bond donors (Lipinski definition) is 0. The summed E-state index contributed by atoms with van der Waals surface area (Å²) in [7, 11) is 0. The summed E-state index contributed by atoms with van der Waals surface area (Å²) in [5.74, 6) is 0.702. The molecule has 9 aromatic rings. The maximum atomic E-state index is 5.38. The molecule has 2 aliphatic carbocycles. The largest absolute Gasteiger partial charge is 0.228 e. The number of aromatic nitrogens is 2. The summed E-state index contributed by atoms with van der Waals surface area (Å²) in [5.41, 5.74) is 20.3. The molecule has 1 heterocycles. The number of hydrogen-bond acceptors (Lipinski definition) is 2. The van der Waals surface area contributed by atoms with Crippen LogP contribution in [0.25, 0.3) is 89.5 Å². The third-order valence-electron chi connectivity index (χ3n) is 12.9. The van der Waals surface area contributed by atoms with Crippen molar-refractivity contribution in [2.45, 2.75) is 37.5 Å². The fourth-order valence-corrected chi connectivity index (χ4v) is 10.1. The van der Waals surface area contributed by atoms with E-state index < -0.39 is 0 Å². The van der Waals surface area contributed by atoms with E-state index >= 15 is 0 Å². The first-order valence-corrected chi connectivity index (χ1v) is 21.4. The molecule has 0 aliphatic heterocycles. The summed E-state index contributed by atoms with van der Waals surface area (Å²) in [5, 5.41) is 0.